The second-order valence-electron chi connectivity index (χ2n) is 3.93. The molecule has 0 saturated carbocycles. The van der Waals surface area contributed by atoms with Gasteiger partial charge in [-0.1, -0.05) is 6.07 Å². The molecule has 0 bridgehead atoms. The molecule has 2 N–H and O–H groups in total. The second kappa shape index (κ2) is 4.97. The Morgan fingerprint density at radius 3 is 2.53 bits per heavy atom. The van der Waals surface area contributed by atoms with Crippen molar-refractivity contribution in [1.29, 1.82) is 0 Å². The number of rotatable bonds is 2. The van der Waals surface area contributed by atoms with E-state index in [9.17, 15) is 17.6 Å². The predicted molar refractivity (Wildman–Crippen MR) is 62.5 cm³/mol. The molecule has 1 aromatic heterocycles. The SMILES string of the molecule is NCc1cc(-c2cnccc2C(F)(F)F)ccc1F. The first-order valence-electron chi connectivity index (χ1n) is 5.43. The quantitative estimate of drug-likeness (QED) is 0.850. The summed E-state index contributed by atoms with van der Waals surface area (Å²) in [6.07, 6.45) is -2.31. The Bertz CT molecular complexity index is 593. The van der Waals surface area contributed by atoms with Crippen LogP contribution in [0.15, 0.2) is 36.7 Å². The van der Waals surface area contributed by atoms with Crippen molar-refractivity contribution in [2.24, 2.45) is 5.73 Å². The number of halogens is 4. The van der Waals surface area contributed by atoms with Crippen molar-refractivity contribution in [3.63, 3.8) is 0 Å². The van der Waals surface area contributed by atoms with Gasteiger partial charge in [-0.2, -0.15) is 13.2 Å². The molecule has 0 atom stereocenters. The number of aromatic nitrogens is 1. The zero-order valence-corrected chi connectivity index (χ0v) is 9.71. The maximum atomic E-state index is 13.3. The van der Waals surface area contributed by atoms with E-state index in [1.807, 2.05) is 0 Å². The van der Waals surface area contributed by atoms with Crippen LogP contribution in [0.3, 0.4) is 0 Å². The molecule has 100 valence electrons. The summed E-state index contributed by atoms with van der Waals surface area (Å²) in [6.45, 7) is -0.0821. The van der Waals surface area contributed by atoms with Crippen molar-refractivity contribution in [1.82, 2.24) is 4.98 Å². The lowest BCUT2D eigenvalue weighted by atomic mass is 9.99. The van der Waals surface area contributed by atoms with Gasteiger partial charge >= 0.3 is 6.18 Å². The smallest absolute Gasteiger partial charge is 0.326 e. The molecule has 0 spiro atoms. The van der Waals surface area contributed by atoms with Crippen LogP contribution >= 0.6 is 0 Å². The summed E-state index contributed by atoms with van der Waals surface area (Å²) in [7, 11) is 0. The number of nitrogens with two attached hydrogens (primary N) is 1. The normalized spacial score (nSPS) is 11.6. The first kappa shape index (κ1) is 13.5. The minimum atomic E-state index is -4.49. The highest BCUT2D eigenvalue weighted by Gasteiger charge is 2.33. The van der Waals surface area contributed by atoms with Crippen LogP contribution in [0.25, 0.3) is 11.1 Å². The average Bonchev–Trinajstić information content (AvgIpc) is 2.38. The van der Waals surface area contributed by atoms with Gasteiger partial charge in [-0.25, -0.2) is 4.39 Å². The Morgan fingerprint density at radius 2 is 1.89 bits per heavy atom. The molecule has 19 heavy (non-hydrogen) atoms. The zero-order chi connectivity index (χ0) is 14.0. The van der Waals surface area contributed by atoms with Crippen LogP contribution in [-0.4, -0.2) is 4.98 Å². The Kier molecular flexibility index (Phi) is 3.53. The van der Waals surface area contributed by atoms with Crippen molar-refractivity contribution in [3.8, 4) is 11.1 Å². The molecule has 0 aliphatic heterocycles. The number of pyridine rings is 1. The molecule has 0 radical (unpaired) electrons. The third-order valence-electron chi connectivity index (χ3n) is 2.70. The van der Waals surface area contributed by atoms with Gasteiger partial charge in [0.2, 0.25) is 0 Å². The number of hydrogen-bond acceptors (Lipinski definition) is 2. The van der Waals surface area contributed by atoms with Gasteiger partial charge in [0.15, 0.2) is 0 Å². The summed E-state index contributed by atoms with van der Waals surface area (Å²) in [4.78, 5) is 3.69. The van der Waals surface area contributed by atoms with Gasteiger partial charge in [0.25, 0.3) is 0 Å². The molecule has 1 aromatic carbocycles. The van der Waals surface area contributed by atoms with E-state index in [1.165, 1.54) is 12.1 Å². The van der Waals surface area contributed by atoms with E-state index < -0.39 is 17.6 Å². The largest absolute Gasteiger partial charge is 0.417 e. The highest BCUT2D eigenvalue weighted by Crippen LogP contribution is 2.36. The van der Waals surface area contributed by atoms with Gasteiger partial charge in [0.05, 0.1) is 5.56 Å². The minimum absolute atomic E-state index is 0.0821. The monoisotopic (exact) mass is 270 g/mol. The maximum absolute atomic E-state index is 13.3. The Balaban J connectivity index is 2.59. The molecule has 6 heteroatoms. The lowest BCUT2D eigenvalue weighted by molar-refractivity contribution is -0.137. The summed E-state index contributed by atoms with van der Waals surface area (Å²) in [6, 6.07) is 4.58. The number of hydrogen-bond donors (Lipinski definition) is 1. The van der Waals surface area contributed by atoms with Crippen LogP contribution in [0.4, 0.5) is 17.6 Å². The number of benzene rings is 1. The molecular weight excluding hydrogens is 260 g/mol. The third-order valence-corrected chi connectivity index (χ3v) is 2.70. The van der Waals surface area contributed by atoms with Crippen LogP contribution < -0.4 is 5.73 Å². The Morgan fingerprint density at radius 1 is 1.16 bits per heavy atom. The van der Waals surface area contributed by atoms with E-state index in [4.69, 9.17) is 5.73 Å². The molecule has 2 nitrogen and oxygen atoms in total. The Hall–Kier alpha value is -1.95. The van der Waals surface area contributed by atoms with Crippen molar-refractivity contribution in [3.05, 3.63) is 53.6 Å². The lowest BCUT2D eigenvalue weighted by Gasteiger charge is -2.13. The van der Waals surface area contributed by atoms with Crippen LogP contribution in [0, 0.1) is 5.82 Å². The van der Waals surface area contributed by atoms with E-state index in [2.05, 4.69) is 4.98 Å². The standard InChI is InChI=1S/C13H10F4N2/c14-12-2-1-8(5-9(12)6-18)10-7-19-4-3-11(10)13(15,16)17/h1-5,7H,6,18H2. The van der Waals surface area contributed by atoms with E-state index in [1.54, 1.807) is 0 Å². The Labute approximate surface area is 106 Å². The molecule has 0 aliphatic rings. The van der Waals surface area contributed by atoms with Gasteiger partial charge < -0.3 is 5.73 Å². The minimum Gasteiger partial charge on any atom is -0.326 e. The first-order valence-corrected chi connectivity index (χ1v) is 5.43. The van der Waals surface area contributed by atoms with Crippen molar-refractivity contribution in [2.75, 3.05) is 0 Å². The fraction of sp³-hybridized carbons (Fsp3) is 0.154. The second-order valence-corrected chi connectivity index (χ2v) is 3.93. The van der Waals surface area contributed by atoms with Crippen LogP contribution in [-0.2, 0) is 12.7 Å². The molecule has 2 aromatic rings. The van der Waals surface area contributed by atoms with Crippen molar-refractivity contribution >= 4 is 0 Å². The van der Waals surface area contributed by atoms with Gasteiger partial charge in [0, 0.05) is 30.1 Å². The molecule has 0 saturated heterocycles. The highest BCUT2D eigenvalue weighted by atomic mass is 19.4. The molecular formula is C13H10F4N2. The predicted octanol–water partition coefficient (Wildman–Crippen LogP) is 3.37. The van der Waals surface area contributed by atoms with Crippen LogP contribution in [0.2, 0.25) is 0 Å². The third kappa shape index (κ3) is 2.73. The average molecular weight is 270 g/mol. The highest BCUT2D eigenvalue weighted by molar-refractivity contribution is 5.67. The molecule has 0 unspecified atom stereocenters. The molecule has 1 heterocycles. The number of alkyl halides is 3. The summed E-state index contributed by atoms with van der Waals surface area (Å²) in [5.41, 5.74) is 4.84. The van der Waals surface area contributed by atoms with Crippen LogP contribution in [0.5, 0.6) is 0 Å². The van der Waals surface area contributed by atoms with Gasteiger partial charge in [-0.3, -0.25) is 4.98 Å². The fourth-order valence-electron chi connectivity index (χ4n) is 1.77. The summed E-state index contributed by atoms with van der Waals surface area (Å²) in [5, 5.41) is 0. The summed E-state index contributed by atoms with van der Waals surface area (Å²) < 4.78 is 51.9. The topological polar surface area (TPSA) is 38.9 Å². The van der Waals surface area contributed by atoms with Crippen molar-refractivity contribution < 1.29 is 17.6 Å². The van der Waals surface area contributed by atoms with E-state index in [0.717, 1.165) is 24.5 Å². The lowest BCUT2D eigenvalue weighted by Crippen LogP contribution is -2.08. The van der Waals surface area contributed by atoms with E-state index in [-0.39, 0.29) is 23.2 Å². The van der Waals surface area contributed by atoms with Crippen LogP contribution in [0.1, 0.15) is 11.1 Å². The van der Waals surface area contributed by atoms with E-state index >= 15 is 0 Å². The van der Waals surface area contributed by atoms with Crippen molar-refractivity contribution in [2.45, 2.75) is 12.7 Å². The van der Waals surface area contributed by atoms with E-state index in [0.29, 0.717) is 0 Å². The molecule has 0 amide bonds. The molecule has 2 rings (SSSR count). The first-order chi connectivity index (χ1) is 8.93. The number of nitrogens with zero attached hydrogens (tertiary/aromatic N) is 1. The molecule has 0 fully saturated rings. The zero-order valence-electron chi connectivity index (χ0n) is 9.71. The summed E-state index contributed by atoms with van der Waals surface area (Å²) in [5.74, 6) is -0.538. The fourth-order valence-corrected chi connectivity index (χ4v) is 1.77. The summed E-state index contributed by atoms with van der Waals surface area (Å²) >= 11 is 0. The van der Waals surface area contributed by atoms with Gasteiger partial charge in [-0.15, -0.1) is 0 Å². The van der Waals surface area contributed by atoms with Gasteiger partial charge in [-0.05, 0) is 23.8 Å². The molecule has 0 aliphatic carbocycles. The maximum Gasteiger partial charge on any atom is 0.417 e. The van der Waals surface area contributed by atoms with Gasteiger partial charge in [0.1, 0.15) is 5.82 Å².